The van der Waals surface area contributed by atoms with E-state index in [1.165, 1.54) is 12.1 Å². The van der Waals surface area contributed by atoms with Crippen molar-refractivity contribution in [2.24, 2.45) is 0 Å². The first-order chi connectivity index (χ1) is 9.94. The molecule has 0 saturated carbocycles. The van der Waals surface area contributed by atoms with Gasteiger partial charge in [-0.2, -0.15) is 0 Å². The van der Waals surface area contributed by atoms with Gasteiger partial charge in [-0.3, -0.25) is 4.72 Å². The molecule has 0 fully saturated rings. The van der Waals surface area contributed by atoms with Crippen molar-refractivity contribution in [1.82, 2.24) is 0 Å². The summed E-state index contributed by atoms with van der Waals surface area (Å²) in [5.74, 6) is 0. The van der Waals surface area contributed by atoms with E-state index >= 15 is 0 Å². The lowest BCUT2D eigenvalue weighted by Crippen LogP contribution is -2.15. The molecular formula is C14H15ClN2O3S. The quantitative estimate of drug-likeness (QED) is 0.828. The number of nitrogens with one attached hydrogen (secondary N) is 1. The molecule has 112 valence electrons. The van der Waals surface area contributed by atoms with Crippen molar-refractivity contribution in [2.45, 2.75) is 11.5 Å². The molecule has 0 spiro atoms. The third kappa shape index (κ3) is 3.66. The topological polar surface area (TPSA) is 81.4 Å². The van der Waals surface area contributed by atoms with Gasteiger partial charge in [0.1, 0.15) is 4.90 Å². The molecule has 5 nitrogen and oxygen atoms in total. The summed E-state index contributed by atoms with van der Waals surface area (Å²) in [6.07, 6.45) is 0. The van der Waals surface area contributed by atoms with Crippen LogP contribution in [0.3, 0.4) is 0 Å². The highest BCUT2D eigenvalue weighted by Gasteiger charge is 2.21. The highest BCUT2D eigenvalue weighted by Crippen LogP contribution is 2.29. The zero-order valence-corrected chi connectivity index (χ0v) is 12.9. The van der Waals surface area contributed by atoms with Gasteiger partial charge in [0.05, 0.1) is 17.3 Å². The van der Waals surface area contributed by atoms with Gasteiger partial charge in [0.25, 0.3) is 10.0 Å². The van der Waals surface area contributed by atoms with E-state index in [2.05, 4.69) is 4.72 Å². The van der Waals surface area contributed by atoms with E-state index in [1.807, 2.05) is 6.07 Å². The number of hydrogen-bond donors (Lipinski definition) is 2. The number of halogens is 1. The molecule has 0 atom stereocenters. The van der Waals surface area contributed by atoms with Crippen LogP contribution in [0.2, 0.25) is 5.02 Å². The second kappa shape index (κ2) is 6.34. The van der Waals surface area contributed by atoms with Crippen molar-refractivity contribution in [3.8, 4) is 0 Å². The third-order valence-corrected chi connectivity index (χ3v) is 4.68. The smallest absolute Gasteiger partial charge is 0.265 e. The molecule has 2 aromatic rings. The molecule has 0 saturated heterocycles. The Labute approximate surface area is 128 Å². The molecule has 0 aliphatic heterocycles. The molecule has 21 heavy (non-hydrogen) atoms. The van der Waals surface area contributed by atoms with Gasteiger partial charge in [-0.15, -0.1) is 0 Å². The first-order valence-corrected chi connectivity index (χ1v) is 7.95. The van der Waals surface area contributed by atoms with Crippen LogP contribution in [0.15, 0.2) is 47.4 Å². The first-order valence-electron chi connectivity index (χ1n) is 6.09. The molecule has 0 radical (unpaired) electrons. The van der Waals surface area contributed by atoms with Gasteiger partial charge < -0.3 is 10.5 Å². The zero-order valence-electron chi connectivity index (χ0n) is 11.3. The minimum atomic E-state index is -3.85. The van der Waals surface area contributed by atoms with E-state index in [9.17, 15) is 8.42 Å². The molecular weight excluding hydrogens is 312 g/mol. The summed E-state index contributed by atoms with van der Waals surface area (Å²) in [6, 6.07) is 11.5. The maximum Gasteiger partial charge on any atom is 0.265 e. The summed E-state index contributed by atoms with van der Waals surface area (Å²) in [5.41, 5.74) is 7.09. The molecule has 0 heterocycles. The van der Waals surface area contributed by atoms with E-state index in [1.54, 1.807) is 31.4 Å². The number of ether oxygens (including phenoxy) is 1. The predicted octanol–water partition coefficient (Wildman–Crippen LogP) is 2.87. The van der Waals surface area contributed by atoms with Gasteiger partial charge in [0.15, 0.2) is 0 Å². The summed E-state index contributed by atoms with van der Waals surface area (Å²) in [6.45, 7) is 0.393. The van der Waals surface area contributed by atoms with Crippen LogP contribution in [0.4, 0.5) is 11.4 Å². The fourth-order valence-electron chi connectivity index (χ4n) is 1.91. The van der Waals surface area contributed by atoms with Crippen LogP contribution >= 0.6 is 11.6 Å². The van der Waals surface area contributed by atoms with Crippen LogP contribution in [0, 0.1) is 0 Å². The lowest BCUT2D eigenvalue weighted by atomic mass is 10.2. The van der Waals surface area contributed by atoms with Crippen LogP contribution in [0.25, 0.3) is 0 Å². The molecule has 0 aliphatic carbocycles. The van der Waals surface area contributed by atoms with Crippen LogP contribution < -0.4 is 10.5 Å². The number of hydrogen-bond acceptors (Lipinski definition) is 4. The maximum absolute atomic E-state index is 12.4. The second-order valence-corrected chi connectivity index (χ2v) is 6.42. The normalized spacial score (nSPS) is 11.3. The average molecular weight is 327 g/mol. The summed E-state index contributed by atoms with van der Waals surface area (Å²) in [7, 11) is -2.28. The SMILES string of the molecule is COCc1cccc(NS(=O)(=O)c2c(N)cccc2Cl)c1. The Bertz CT molecular complexity index is 727. The fourth-order valence-corrected chi connectivity index (χ4v) is 3.64. The number of benzene rings is 2. The Morgan fingerprint density at radius 1 is 1.24 bits per heavy atom. The molecule has 0 aromatic heterocycles. The van der Waals surface area contributed by atoms with Gasteiger partial charge in [0, 0.05) is 12.8 Å². The molecule has 0 amide bonds. The zero-order chi connectivity index (χ0) is 15.5. The number of methoxy groups -OCH3 is 1. The number of sulfonamides is 1. The summed E-state index contributed by atoms with van der Waals surface area (Å²) in [4.78, 5) is -0.121. The monoisotopic (exact) mass is 326 g/mol. The summed E-state index contributed by atoms with van der Waals surface area (Å²) >= 11 is 5.94. The Kier molecular flexibility index (Phi) is 4.72. The number of anilines is 2. The van der Waals surface area contributed by atoms with Gasteiger partial charge >= 0.3 is 0 Å². The molecule has 3 N–H and O–H groups in total. The molecule has 0 unspecified atom stereocenters. The van der Waals surface area contributed by atoms with Crippen LogP contribution in [-0.2, 0) is 21.4 Å². The van der Waals surface area contributed by atoms with Crippen LogP contribution in [-0.4, -0.2) is 15.5 Å². The Morgan fingerprint density at radius 3 is 2.62 bits per heavy atom. The van der Waals surface area contributed by atoms with E-state index in [0.717, 1.165) is 5.56 Å². The van der Waals surface area contributed by atoms with E-state index in [-0.39, 0.29) is 15.6 Å². The van der Waals surface area contributed by atoms with Gasteiger partial charge in [-0.1, -0.05) is 29.8 Å². The maximum atomic E-state index is 12.4. The van der Waals surface area contributed by atoms with Crippen molar-refractivity contribution in [3.05, 3.63) is 53.1 Å². The van der Waals surface area contributed by atoms with E-state index in [4.69, 9.17) is 22.1 Å². The van der Waals surface area contributed by atoms with Gasteiger partial charge in [0.2, 0.25) is 0 Å². The highest BCUT2D eigenvalue weighted by molar-refractivity contribution is 7.93. The summed E-state index contributed by atoms with van der Waals surface area (Å²) in [5, 5.41) is 0.0792. The average Bonchev–Trinajstić information content (AvgIpc) is 2.38. The second-order valence-electron chi connectivity index (χ2n) is 4.40. The predicted molar refractivity (Wildman–Crippen MR) is 83.8 cm³/mol. The van der Waals surface area contributed by atoms with Crippen LogP contribution in [0.1, 0.15) is 5.56 Å². The van der Waals surface area contributed by atoms with E-state index in [0.29, 0.717) is 12.3 Å². The van der Waals surface area contributed by atoms with Crippen molar-refractivity contribution in [1.29, 1.82) is 0 Å². The lowest BCUT2D eigenvalue weighted by Gasteiger charge is -2.12. The van der Waals surface area contributed by atoms with Crippen LogP contribution in [0.5, 0.6) is 0 Å². The largest absolute Gasteiger partial charge is 0.398 e. The number of rotatable bonds is 5. The number of nitrogens with two attached hydrogens (primary N) is 1. The minimum Gasteiger partial charge on any atom is -0.398 e. The van der Waals surface area contributed by atoms with Crippen molar-refractivity contribution >= 4 is 33.0 Å². The van der Waals surface area contributed by atoms with Crippen molar-refractivity contribution in [3.63, 3.8) is 0 Å². The Morgan fingerprint density at radius 2 is 1.95 bits per heavy atom. The van der Waals surface area contributed by atoms with Gasteiger partial charge in [-0.25, -0.2) is 8.42 Å². The number of nitrogen functional groups attached to an aromatic ring is 1. The van der Waals surface area contributed by atoms with Crippen molar-refractivity contribution in [2.75, 3.05) is 17.6 Å². The fraction of sp³-hybridized carbons (Fsp3) is 0.143. The molecule has 7 heteroatoms. The van der Waals surface area contributed by atoms with Crippen molar-refractivity contribution < 1.29 is 13.2 Å². The Balaban J connectivity index is 2.36. The first kappa shape index (κ1) is 15.6. The standard InChI is InChI=1S/C14H15ClN2O3S/c1-20-9-10-4-2-5-11(8-10)17-21(18,19)14-12(15)6-3-7-13(14)16/h2-8,17H,9,16H2,1H3. The van der Waals surface area contributed by atoms with E-state index < -0.39 is 10.0 Å². The summed E-state index contributed by atoms with van der Waals surface area (Å²) < 4.78 is 32.3. The lowest BCUT2D eigenvalue weighted by molar-refractivity contribution is 0.185. The Hall–Kier alpha value is -1.76. The third-order valence-electron chi connectivity index (χ3n) is 2.76. The molecule has 2 aromatic carbocycles. The minimum absolute atomic E-state index is 0.0792. The van der Waals surface area contributed by atoms with Gasteiger partial charge in [-0.05, 0) is 29.8 Å². The molecule has 0 bridgehead atoms. The molecule has 0 aliphatic rings. The highest BCUT2D eigenvalue weighted by atomic mass is 35.5. The molecule has 2 rings (SSSR count).